The molecule has 0 spiro atoms. The Bertz CT molecular complexity index is 309. The van der Waals surface area contributed by atoms with Gasteiger partial charge in [0.2, 0.25) is 0 Å². The van der Waals surface area contributed by atoms with Crippen LogP contribution in [0.2, 0.25) is 0 Å². The molecule has 5 nitrogen and oxygen atoms in total. The van der Waals surface area contributed by atoms with Crippen molar-refractivity contribution in [2.24, 2.45) is 0 Å². The van der Waals surface area contributed by atoms with E-state index in [-0.39, 0.29) is 0 Å². The molecular formula is C9H17N5S. The first-order chi connectivity index (χ1) is 7.22. The van der Waals surface area contributed by atoms with Crippen molar-refractivity contribution in [1.29, 1.82) is 0 Å². The molecule has 0 saturated carbocycles. The number of rotatable bonds is 5. The maximum Gasteiger partial charge on any atom is 0.166 e. The third kappa shape index (κ3) is 4.75. The molecule has 6 heteroatoms. The molecule has 0 atom stereocenters. The van der Waals surface area contributed by atoms with Gasteiger partial charge in [-0.25, -0.2) is 0 Å². The largest absolute Gasteiger partial charge is 0.366 e. The fraction of sp³-hybridized carbons (Fsp3) is 0.556. The van der Waals surface area contributed by atoms with Crippen LogP contribution in [-0.2, 0) is 6.54 Å². The maximum absolute atomic E-state index is 4.93. The number of nitrogens with zero attached hydrogens (tertiary/aromatic N) is 1. The van der Waals surface area contributed by atoms with Crippen molar-refractivity contribution < 1.29 is 0 Å². The predicted molar refractivity (Wildman–Crippen MR) is 64.7 cm³/mol. The summed E-state index contributed by atoms with van der Waals surface area (Å²) in [7, 11) is 1.80. The van der Waals surface area contributed by atoms with E-state index in [4.69, 9.17) is 12.2 Å². The van der Waals surface area contributed by atoms with Gasteiger partial charge >= 0.3 is 0 Å². The van der Waals surface area contributed by atoms with Crippen LogP contribution in [0.25, 0.3) is 0 Å². The van der Waals surface area contributed by atoms with Crippen molar-refractivity contribution in [3.05, 3.63) is 17.5 Å². The average molecular weight is 227 g/mol. The molecule has 1 heterocycles. The second-order valence-electron chi connectivity index (χ2n) is 3.22. The highest BCUT2D eigenvalue weighted by Crippen LogP contribution is 1.95. The number of nitrogens with one attached hydrogen (secondary N) is 4. The normalized spacial score (nSPS) is 10.0. The molecule has 0 aromatic carbocycles. The summed E-state index contributed by atoms with van der Waals surface area (Å²) in [5.74, 6) is 0. The number of H-pyrrole nitrogens is 1. The topological polar surface area (TPSA) is 64.8 Å². The lowest BCUT2D eigenvalue weighted by Gasteiger charge is -2.06. The Balaban J connectivity index is 2.05. The van der Waals surface area contributed by atoms with E-state index in [0.717, 1.165) is 31.0 Å². The lowest BCUT2D eigenvalue weighted by atomic mass is 10.4. The molecule has 0 saturated heterocycles. The molecule has 0 bridgehead atoms. The number of aromatic nitrogens is 2. The number of thiocarbonyl (C=S) groups is 1. The zero-order chi connectivity index (χ0) is 11.1. The highest BCUT2D eigenvalue weighted by atomic mass is 32.1. The highest BCUT2D eigenvalue weighted by molar-refractivity contribution is 7.80. The van der Waals surface area contributed by atoms with Crippen LogP contribution in [-0.4, -0.2) is 35.4 Å². The van der Waals surface area contributed by atoms with Gasteiger partial charge in [-0.3, -0.25) is 5.10 Å². The molecule has 0 aliphatic carbocycles. The smallest absolute Gasteiger partial charge is 0.166 e. The predicted octanol–water partition coefficient (Wildman–Crippen LogP) is -0.0984. The summed E-state index contributed by atoms with van der Waals surface area (Å²) in [6, 6.07) is 2.03. The summed E-state index contributed by atoms with van der Waals surface area (Å²) in [6.07, 6.45) is 0. The Morgan fingerprint density at radius 1 is 1.53 bits per heavy atom. The second-order valence-corrected chi connectivity index (χ2v) is 3.63. The third-order valence-electron chi connectivity index (χ3n) is 1.88. The maximum atomic E-state index is 4.93. The quantitative estimate of drug-likeness (QED) is 0.418. The van der Waals surface area contributed by atoms with Gasteiger partial charge in [-0.05, 0) is 25.2 Å². The first-order valence-electron chi connectivity index (χ1n) is 4.89. The number of hydrogen-bond donors (Lipinski definition) is 4. The molecule has 4 N–H and O–H groups in total. The molecule has 0 unspecified atom stereocenters. The summed E-state index contributed by atoms with van der Waals surface area (Å²) >= 11 is 4.93. The minimum Gasteiger partial charge on any atom is -0.366 e. The van der Waals surface area contributed by atoms with Crippen molar-refractivity contribution in [3.63, 3.8) is 0 Å². The fourth-order valence-electron chi connectivity index (χ4n) is 1.13. The van der Waals surface area contributed by atoms with Gasteiger partial charge in [0.25, 0.3) is 0 Å². The second kappa shape index (κ2) is 6.36. The molecule has 0 fully saturated rings. The summed E-state index contributed by atoms with van der Waals surface area (Å²) < 4.78 is 0. The minimum absolute atomic E-state index is 0.674. The molecule has 1 aromatic heterocycles. The lowest BCUT2D eigenvalue weighted by molar-refractivity contribution is 0.658. The molecule has 1 aromatic rings. The van der Waals surface area contributed by atoms with Gasteiger partial charge < -0.3 is 16.0 Å². The van der Waals surface area contributed by atoms with Crippen molar-refractivity contribution in [2.75, 3.05) is 20.1 Å². The molecule has 15 heavy (non-hydrogen) atoms. The van der Waals surface area contributed by atoms with E-state index in [1.807, 2.05) is 13.0 Å². The van der Waals surface area contributed by atoms with Crippen LogP contribution < -0.4 is 16.0 Å². The van der Waals surface area contributed by atoms with Gasteiger partial charge in [0.15, 0.2) is 5.11 Å². The number of hydrogen-bond acceptors (Lipinski definition) is 3. The van der Waals surface area contributed by atoms with Crippen LogP contribution in [0.4, 0.5) is 0 Å². The van der Waals surface area contributed by atoms with E-state index in [0.29, 0.717) is 5.11 Å². The Morgan fingerprint density at radius 3 is 2.93 bits per heavy atom. The zero-order valence-electron chi connectivity index (χ0n) is 9.05. The van der Waals surface area contributed by atoms with Crippen LogP contribution in [0.1, 0.15) is 11.4 Å². The van der Waals surface area contributed by atoms with Crippen LogP contribution >= 0.6 is 12.2 Å². The van der Waals surface area contributed by atoms with Crippen LogP contribution in [0.15, 0.2) is 6.07 Å². The van der Waals surface area contributed by atoms with E-state index >= 15 is 0 Å². The van der Waals surface area contributed by atoms with Crippen LogP contribution in [0.5, 0.6) is 0 Å². The fourth-order valence-corrected chi connectivity index (χ4v) is 1.24. The van der Waals surface area contributed by atoms with Gasteiger partial charge in [-0.2, -0.15) is 5.10 Å². The summed E-state index contributed by atoms with van der Waals surface area (Å²) in [6.45, 7) is 4.43. The number of aryl methyl sites for hydroxylation is 1. The van der Waals surface area contributed by atoms with Gasteiger partial charge in [-0.15, -0.1) is 0 Å². The Kier molecular flexibility index (Phi) is 5.06. The van der Waals surface area contributed by atoms with Crippen LogP contribution in [0.3, 0.4) is 0 Å². The van der Waals surface area contributed by atoms with Gasteiger partial charge in [0.1, 0.15) is 0 Å². The van der Waals surface area contributed by atoms with Crippen molar-refractivity contribution in [2.45, 2.75) is 13.5 Å². The van der Waals surface area contributed by atoms with Gasteiger partial charge in [0.05, 0.1) is 5.69 Å². The average Bonchev–Trinajstić information content (AvgIpc) is 2.63. The van der Waals surface area contributed by atoms with E-state index in [2.05, 4.69) is 26.1 Å². The third-order valence-corrected chi connectivity index (χ3v) is 2.23. The molecule has 84 valence electrons. The van der Waals surface area contributed by atoms with E-state index in [1.165, 1.54) is 0 Å². The van der Waals surface area contributed by atoms with E-state index in [1.54, 1.807) is 7.05 Å². The zero-order valence-corrected chi connectivity index (χ0v) is 9.87. The summed E-state index contributed by atoms with van der Waals surface area (Å²) in [5.41, 5.74) is 2.12. The van der Waals surface area contributed by atoms with Crippen molar-refractivity contribution >= 4 is 17.3 Å². The highest BCUT2D eigenvalue weighted by Gasteiger charge is 1.96. The first kappa shape index (κ1) is 11.9. The molecule has 0 aliphatic rings. The minimum atomic E-state index is 0.674. The lowest BCUT2D eigenvalue weighted by Crippen LogP contribution is -2.37. The van der Waals surface area contributed by atoms with Crippen LogP contribution in [0, 0.1) is 6.92 Å². The summed E-state index contributed by atoms with van der Waals surface area (Å²) in [4.78, 5) is 0. The van der Waals surface area contributed by atoms with E-state index < -0.39 is 0 Å². The molecular weight excluding hydrogens is 210 g/mol. The Hall–Kier alpha value is -1.14. The standard InChI is InChI=1S/C9H17N5S/c1-7-5-8(14-13-7)6-11-3-4-12-9(15)10-2/h5,11H,3-4,6H2,1-2H3,(H,13,14)(H2,10,12,15). The van der Waals surface area contributed by atoms with Gasteiger partial charge in [-0.1, -0.05) is 0 Å². The molecule has 1 rings (SSSR count). The SMILES string of the molecule is CNC(=S)NCCNCc1cc(C)[nH]n1. The molecule has 0 radical (unpaired) electrons. The monoisotopic (exact) mass is 227 g/mol. The molecule has 0 amide bonds. The van der Waals surface area contributed by atoms with E-state index in [9.17, 15) is 0 Å². The Morgan fingerprint density at radius 2 is 2.33 bits per heavy atom. The van der Waals surface area contributed by atoms with Crippen molar-refractivity contribution in [3.8, 4) is 0 Å². The van der Waals surface area contributed by atoms with Gasteiger partial charge in [0, 0.05) is 32.4 Å². The molecule has 0 aliphatic heterocycles. The Labute approximate surface area is 95.0 Å². The number of aromatic amines is 1. The van der Waals surface area contributed by atoms with Crippen molar-refractivity contribution in [1.82, 2.24) is 26.1 Å². The summed E-state index contributed by atoms with van der Waals surface area (Å²) in [5, 5.41) is 16.9. The first-order valence-corrected chi connectivity index (χ1v) is 5.30.